The summed E-state index contributed by atoms with van der Waals surface area (Å²) in [7, 11) is 0. The zero-order valence-electron chi connectivity index (χ0n) is 10.3. The zero-order chi connectivity index (χ0) is 13.8. The van der Waals surface area contributed by atoms with E-state index in [1.54, 1.807) is 6.92 Å². The summed E-state index contributed by atoms with van der Waals surface area (Å²) in [6.45, 7) is 4.79. The van der Waals surface area contributed by atoms with E-state index >= 15 is 0 Å². The minimum Gasteiger partial charge on any atom is -0.316 e. The number of halogens is 3. The summed E-state index contributed by atoms with van der Waals surface area (Å²) < 4.78 is 37.5. The van der Waals surface area contributed by atoms with Gasteiger partial charge in [0, 0.05) is 18.0 Å². The van der Waals surface area contributed by atoms with Gasteiger partial charge < -0.3 is 5.32 Å². The first-order chi connectivity index (χ1) is 8.36. The quantitative estimate of drug-likeness (QED) is 0.823. The number of Topliss-reactive ketones (excluding diaryl/α,β-unsaturated/α-hetero) is 1. The molecule has 0 aliphatic heterocycles. The third kappa shape index (κ3) is 3.84. The third-order valence-corrected chi connectivity index (χ3v) is 2.62. The lowest BCUT2D eigenvalue weighted by molar-refractivity contribution is -0.137. The molecule has 0 radical (unpaired) electrons. The summed E-state index contributed by atoms with van der Waals surface area (Å²) in [6, 6.07) is 4.55. The van der Waals surface area contributed by atoms with Crippen LogP contribution in [0, 0.1) is 5.92 Å². The molecule has 1 aromatic carbocycles. The van der Waals surface area contributed by atoms with Crippen LogP contribution in [-0.4, -0.2) is 18.9 Å². The van der Waals surface area contributed by atoms with Crippen molar-refractivity contribution in [2.24, 2.45) is 5.92 Å². The fourth-order valence-corrected chi connectivity index (χ4v) is 1.59. The Morgan fingerprint density at radius 1 is 1.39 bits per heavy atom. The molecule has 1 unspecified atom stereocenters. The standard InChI is InChI=1S/C13H16F3NO/c1-3-17-8-9(2)12(18)10-5-4-6-11(7-10)13(14,15)16/h4-7,9,17H,3,8H2,1-2H3. The number of nitrogens with one attached hydrogen (secondary N) is 1. The minimum absolute atomic E-state index is 0.107. The van der Waals surface area contributed by atoms with Gasteiger partial charge in [0.2, 0.25) is 0 Å². The van der Waals surface area contributed by atoms with Gasteiger partial charge in [-0.1, -0.05) is 26.0 Å². The van der Waals surface area contributed by atoms with Crippen molar-refractivity contribution in [3.63, 3.8) is 0 Å². The molecule has 18 heavy (non-hydrogen) atoms. The Balaban J connectivity index is 2.87. The largest absolute Gasteiger partial charge is 0.416 e. The average molecular weight is 259 g/mol. The molecular weight excluding hydrogens is 243 g/mol. The molecule has 0 aliphatic rings. The van der Waals surface area contributed by atoms with E-state index in [1.807, 2.05) is 6.92 Å². The van der Waals surface area contributed by atoms with E-state index in [0.717, 1.165) is 18.7 Å². The molecule has 0 aliphatic carbocycles. The summed E-state index contributed by atoms with van der Waals surface area (Å²) in [4.78, 5) is 11.9. The Kier molecular flexibility index (Phi) is 4.90. The van der Waals surface area contributed by atoms with Crippen LogP contribution in [0.4, 0.5) is 13.2 Å². The summed E-state index contributed by atoms with van der Waals surface area (Å²) in [5.41, 5.74) is -0.681. The molecule has 0 saturated carbocycles. The maximum atomic E-state index is 12.5. The summed E-state index contributed by atoms with van der Waals surface area (Å²) in [6.07, 6.45) is -4.42. The lowest BCUT2D eigenvalue weighted by Gasteiger charge is -2.12. The van der Waals surface area contributed by atoms with E-state index in [4.69, 9.17) is 0 Å². The number of hydrogen-bond acceptors (Lipinski definition) is 2. The molecule has 0 spiro atoms. The number of carbonyl (C=O) groups excluding carboxylic acids is 1. The van der Waals surface area contributed by atoms with Crippen molar-refractivity contribution in [3.8, 4) is 0 Å². The predicted molar refractivity (Wildman–Crippen MR) is 63.5 cm³/mol. The maximum absolute atomic E-state index is 12.5. The van der Waals surface area contributed by atoms with Gasteiger partial charge >= 0.3 is 6.18 Å². The molecule has 1 aromatic rings. The first kappa shape index (κ1) is 14.7. The highest BCUT2D eigenvalue weighted by molar-refractivity contribution is 5.97. The topological polar surface area (TPSA) is 29.1 Å². The second-order valence-electron chi connectivity index (χ2n) is 4.15. The third-order valence-electron chi connectivity index (χ3n) is 2.62. The van der Waals surface area contributed by atoms with Gasteiger partial charge in [-0.2, -0.15) is 13.2 Å². The van der Waals surface area contributed by atoms with E-state index in [0.29, 0.717) is 6.54 Å². The molecule has 5 heteroatoms. The van der Waals surface area contributed by atoms with Gasteiger partial charge in [-0.05, 0) is 18.7 Å². The Labute approximate surface area is 104 Å². The van der Waals surface area contributed by atoms with Crippen molar-refractivity contribution in [1.82, 2.24) is 5.32 Å². The van der Waals surface area contributed by atoms with E-state index in [-0.39, 0.29) is 17.3 Å². The van der Waals surface area contributed by atoms with Gasteiger partial charge in [-0.3, -0.25) is 4.79 Å². The van der Waals surface area contributed by atoms with E-state index in [1.165, 1.54) is 12.1 Å². The first-order valence-electron chi connectivity index (χ1n) is 5.78. The average Bonchev–Trinajstić information content (AvgIpc) is 2.34. The molecule has 0 amide bonds. The van der Waals surface area contributed by atoms with Crippen LogP contribution in [0.5, 0.6) is 0 Å². The Morgan fingerprint density at radius 3 is 2.61 bits per heavy atom. The Bertz CT molecular complexity index is 415. The molecule has 1 atom stereocenters. The number of hydrogen-bond donors (Lipinski definition) is 1. The Hall–Kier alpha value is -1.36. The molecule has 1 rings (SSSR count). The van der Waals surface area contributed by atoms with Gasteiger partial charge in [-0.15, -0.1) is 0 Å². The molecule has 1 N–H and O–H groups in total. The summed E-state index contributed by atoms with van der Waals surface area (Å²) in [5.74, 6) is -0.615. The summed E-state index contributed by atoms with van der Waals surface area (Å²) in [5, 5.41) is 3.00. The second-order valence-corrected chi connectivity index (χ2v) is 4.15. The monoisotopic (exact) mass is 259 g/mol. The van der Waals surface area contributed by atoms with Gasteiger partial charge in [0.05, 0.1) is 5.56 Å². The fraction of sp³-hybridized carbons (Fsp3) is 0.462. The van der Waals surface area contributed by atoms with Gasteiger partial charge in [0.25, 0.3) is 0 Å². The van der Waals surface area contributed by atoms with Crippen LogP contribution in [0.25, 0.3) is 0 Å². The number of alkyl halides is 3. The fourth-order valence-electron chi connectivity index (χ4n) is 1.59. The molecule has 0 fully saturated rings. The lowest BCUT2D eigenvalue weighted by atomic mass is 9.97. The van der Waals surface area contributed by atoms with Crippen LogP contribution in [-0.2, 0) is 6.18 Å². The molecule has 0 aromatic heterocycles. The van der Waals surface area contributed by atoms with Gasteiger partial charge in [0.15, 0.2) is 5.78 Å². The molecule has 0 saturated heterocycles. The Morgan fingerprint density at radius 2 is 2.06 bits per heavy atom. The highest BCUT2D eigenvalue weighted by Crippen LogP contribution is 2.29. The number of ketones is 1. The molecule has 2 nitrogen and oxygen atoms in total. The van der Waals surface area contributed by atoms with E-state index in [9.17, 15) is 18.0 Å². The highest BCUT2D eigenvalue weighted by Gasteiger charge is 2.31. The maximum Gasteiger partial charge on any atom is 0.416 e. The number of carbonyl (C=O) groups is 1. The SMILES string of the molecule is CCNCC(C)C(=O)c1cccc(C(F)(F)F)c1. The van der Waals surface area contributed by atoms with Crippen LogP contribution >= 0.6 is 0 Å². The van der Waals surface area contributed by atoms with Crippen molar-refractivity contribution < 1.29 is 18.0 Å². The van der Waals surface area contributed by atoms with Crippen LogP contribution in [0.2, 0.25) is 0 Å². The minimum atomic E-state index is -4.42. The predicted octanol–water partition coefficient (Wildman–Crippen LogP) is 3.13. The normalized spacial score (nSPS) is 13.4. The molecular formula is C13H16F3NO. The van der Waals surface area contributed by atoms with Crippen LogP contribution in [0.3, 0.4) is 0 Å². The summed E-state index contributed by atoms with van der Waals surface area (Å²) >= 11 is 0. The lowest BCUT2D eigenvalue weighted by Crippen LogP contribution is -2.26. The molecule has 0 bridgehead atoms. The smallest absolute Gasteiger partial charge is 0.316 e. The van der Waals surface area contributed by atoms with Crippen molar-refractivity contribution in [3.05, 3.63) is 35.4 Å². The second kappa shape index (κ2) is 6.00. The highest BCUT2D eigenvalue weighted by atomic mass is 19.4. The molecule has 100 valence electrons. The van der Waals surface area contributed by atoms with Crippen LogP contribution in [0.1, 0.15) is 29.8 Å². The van der Waals surface area contributed by atoms with Crippen molar-refractivity contribution in [2.45, 2.75) is 20.0 Å². The zero-order valence-corrected chi connectivity index (χ0v) is 10.3. The first-order valence-corrected chi connectivity index (χ1v) is 5.78. The van der Waals surface area contributed by atoms with Crippen molar-refractivity contribution in [2.75, 3.05) is 13.1 Å². The van der Waals surface area contributed by atoms with Crippen molar-refractivity contribution in [1.29, 1.82) is 0 Å². The van der Waals surface area contributed by atoms with Crippen LogP contribution < -0.4 is 5.32 Å². The van der Waals surface area contributed by atoms with Gasteiger partial charge in [-0.25, -0.2) is 0 Å². The molecule has 0 heterocycles. The number of rotatable bonds is 5. The van der Waals surface area contributed by atoms with E-state index in [2.05, 4.69) is 5.32 Å². The van der Waals surface area contributed by atoms with Crippen LogP contribution in [0.15, 0.2) is 24.3 Å². The van der Waals surface area contributed by atoms with Crippen molar-refractivity contribution >= 4 is 5.78 Å². The van der Waals surface area contributed by atoms with E-state index < -0.39 is 11.7 Å². The van der Waals surface area contributed by atoms with Gasteiger partial charge in [0.1, 0.15) is 0 Å². The number of benzene rings is 1.